The van der Waals surface area contributed by atoms with Gasteiger partial charge in [0.05, 0.1) is 6.54 Å². The summed E-state index contributed by atoms with van der Waals surface area (Å²) in [6, 6.07) is 15.5. The van der Waals surface area contributed by atoms with E-state index in [0.717, 1.165) is 29.0 Å². The number of nitrogens with zero attached hydrogens (tertiary/aromatic N) is 1. The highest BCUT2D eigenvalue weighted by Crippen LogP contribution is 2.31. The molecule has 0 spiro atoms. The Hall–Kier alpha value is -3.35. The second-order valence-electron chi connectivity index (χ2n) is 6.99. The standard InChI is InChI=1S/C22H27N5O2/c1-3-23-22(24-13-16-7-6-8-18(11-16)26-15(2)28)25-14-17-12-21(29)27-20-10-5-4-9-19(17)20/h4-11,17H,3,12-14H2,1-2H3,(H,26,28)(H,27,29)(H2,23,24,25). The molecule has 29 heavy (non-hydrogen) atoms. The maximum absolute atomic E-state index is 12.0. The number of fused-ring (bicyclic) bond motifs is 1. The fourth-order valence-electron chi connectivity index (χ4n) is 3.37. The van der Waals surface area contributed by atoms with Gasteiger partial charge in [-0.1, -0.05) is 30.3 Å². The topological polar surface area (TPSA) is 94.6 Å². The van der Waals surface area contributed by atoms with E-state index in [1.54, 1.807) is 0 Å². The van der Waals surface area contributed by atoms with Gasteiger partial charge in [0.2, 0.25) is 11.8 Å². The van der Waals surface area contributed by atoms with Gasteiger partial charge in [-0.05, 0) is 36.2 Å². The van der Waals surface area contributed by atoms with Crippen LogP contribution in [0.1, 0.15) is 37.3 Å². The van der Waals surface area contributed by atoms with Gasteiger partial charge in [0.15, 0.2) is 5.96 Å². The predicted octanol–water partition coefficient (Wildman–Crippen LogP) is 2.83. The second kappa shape index (κ2) is 9.73. The van der Waals surface area contributed by atoms with Crippen molar-refractivity contribution in [2.24, 2.45) is 4.99 Å². The van der Waals surface area contributed by atoms with Gasteiger partial charge < -0.3 is 21.3 Å². The molecule has 0 bridgehead atoms. The second-order valence-corrected chi connectivity index (χ2v) is 6.99. The van der Waals surface area contributed by atoms with Crippen LogP contribution in [0.3, 0.4) is 0 Å². The zero-order valence-corrected chi connectivity index (χ0v) is 16.8. The van der Waals surface area contributed by atoms with Gasteiger partial charge in [-0.25, -0.2) is 4.99 Å². The summed E-state index contributed by atoms with van der Waals surface area (Å²) in [7, 11) is 0. The molecule has 0 radical (unpaired) electrons. The molecule has 7 heteroatoms. The van der Waals surface area contributed by atoms with Crippen molar-refractivity contribution in [1.82, 2.24) is 10.6 Å². The first-order valence-electron chi connectivity index (χ1n) is 9.82. The van der Waals surface area contributed by atoms with Crippen molar-refractivity contribution in [2.45, 2.75) is 32.7 Å². The van der Waals surface area contributed by atoms with Crippen LogP contribution in [-0.2, 0) is 16.1 Å². The van der Waals surface area contributed by atoms with Crippen LogP contribution in [0.4, 0.5) is 11.4 Å². The van der Waals surface area contributed by atoms with E-state index >= 15 is 0 Å². The number of aliphatic imine (C=N–C) groups is 1. The fourth-order valence-corrected chi connectivity index (χ4v) is 3.37. The Morgan fingerprint density at radius 1 is 1.17 bits per heavy atom. The Balaban J connectivity index is 1.66. The first kappa shape index (κ1) is 20.4. The molecular formula is C22H27N5O2. The minimum absolute atomic E-state index is 0.0345. The summed E-state index contributed by atoms with van der Waals surface area (Å²) < 4.78 is 0. The number of hydrogen-bond acceptors (Lipinski definition) is 3. The summed E-state index contributed by atoms with van der Waals surface area (Å²) in [6.45, 7) is 5.33. The van der Waals surface area contributed by atoms with Crippen LogP contribution in [0.5, 0.6) is 0 Å². The SMILES string of the molecule is CCNC(=NCc1cccc(NC(C)=O)c1)NCC1CC(=O)Nc2ccccc21. The minimum Gasteiger partial charge on any atom is -0.357 e. The van der Waals surface area contributed by atoms with Gasteiger partial charge in [-0.2, -0.15) is 0 Å². The number of carbonyl (C=O) groups is 2. The summed E-state index contributed by atoms with van der Waals surface area (Å²) in [5, 5.41) is 12.3. The smallest absolute Gasteiger partial charge is 0.225 e. The van der Waals surface area contributed by atoms with Crippen LogP contribution in [0.15, 0.2) is 53.5 Å². The normalized spacial score (nSPS) is 15.9. The summed E-state index contributed by atoms with van der Waals surface area (Å²) in [5.74, 6) is 0.720. The Morgan fingerprint density at radius 3 is 2.79 bits per heavy atom. The number of carbonyl (C=O) groups excluding carboxylic acids is 2. The van der Waals surface area contributed by atoms with Crippen molar-refractivity contribution in [3.63, 3.8) is 0 Å². The average molecular weight is 393 g/mol. The number of amides is 2. The minimum atomic E-state index is -0.0996. The van der Waals surface area contributed by atoms with Gasteiger partial charge in [0, 0.05) is 43.7 Å². The van der Waals surface area contributed by atoms with Gasteiger partial charge in [-0.3, -0.25) is 9.59 Å². The summed E-state index contributed by atoms with van der Waals surface area (Å²) in [5.41, 5.74) is 3.77. The molecule has 1 aliphatic rings. The molecule has 0 fully saturated rings. The van der Waals surface area contributed by atoms with Crippen LogP contribution in [0, 0.1) is 0 Å². The Morgan fingerprint density at radius 2 is 2.00 bits per heavy atom. The van der Waals surface area contributed by atoms with Gasteiger partial charge in [-0.15, -0.1) is 0 Å². The number of para-hydroxylation sites is 1. The third-order valence-corrected chi connectivity index (χ3v) is 4.63. The zero-order valence-electron chi connectivity index (χ0n) is 16.8. The van der Waals surface area contributed by atoms with Gasteiger partial charge in [0.25, 0.3) is 0 Å². The number of rotatable bonds is 6. The molecule has 152 valence electrons. The number of benzene rings is 2. The van der Waals surface area contributed by atoms with Crippen LogP contribution < -0.4 is 21.3 Å². The number of nitrogens with one attached hydrogen (secondary N) is 4. The summed E-state index contributed by atoms with van der Waals surface area (Å²) >= 11 is 0. The molecule has 2 aromatic rings. The summed E-state index contributed by atoms with van der Waals surface area (Å²) in [6.07, 6.45) is 0.447. The van der Waals surface area contributed by atoms with Crippen molar-refractivity contribution in [2.75, 3.05) is 23.7 Å². The van der Waals surface area contributed by atoms with E-state index in [1.165, 1.54) is 6.92 Å². The van der Waals surface area contributed by atoms with E-state index in [-0.39, 0.29) is 17.7 Å². The number of anilines is 2. The van der Waals surface area contributed by atoms with E-state index in [1.807, 2.05) is 49.4 Å². The molecule has 0 aromatic heterocycles. The molecule has 1 aliphatic heterocycles. The van der Waals surface area contributed by atoms with Crippen LogP contribution in [-0.4, -0.2) is 30.9 Å². The van der Waals surface area contributed by atoms with Crippen molar-refractivity contribution >= 4 is 29.1 Å². The van der Waals surface area contributed by atoms with Crippen LogP contribution in [0.2, 0.25) is 0 Å². The Bertz CT molecular complexity index is 910. The monoisotopic (exact) mass is 393 g/mol. The Kier molecular flexibility index (Phi) is 6.84. The van der Waals surface area contributed by atoms with E-state index in [9.17, 15) is 9.59 Å². The molecule has 4 N–H and O–H groups in total. The quantitative estimate of drug-likeness (QED) is 0.448. The van der Waals surface area contributed by atoms with Crippen LogP contribution in [0.25, 0.3) is 0 Å². The lowest BCUT2D eigenvalue weighted by Gasteiger charge is -2.26. The molecular weight excluding hydrogens is 366 g/mol. The lowest BCUT2D eigenvalue weighted by atomic mass is 9.90. The molecule has 0 aliphatic carbocycles. The average Bonchev–Trinajstić information content (AvgIpc) is 2.69. The van der Waals surface area contributed by atoms with Crippen molar-refractivity contribution < 1.29 is 9.59 Å². The molecule has 0 saturated heterocycles. The maximum Gasteiger partial charge on any atom is 0.225 e. The molecule has 1 heterocycles. The van der Waals surface area contributed by atoms with E-state index in [0.29, 0.717) is 25.5 Å². The highest BCUT2D eigenvalue weighted by molar-refractivity contribution is 5.94. The molecule has 2 amide bonds. The summed E-state index contributed by atoms with van der Waals surface area (Å²) in [4.78, 5) is 27.9. The van der Waals surface area contributed by atoms with E-state index in [4.69, 9.17) is 0 Å². The molecule has 1 unspecified atom stereocenters. The fraction of sp³-hybridized carbons (Fsp3) is 0.318. The molecule has 7 nitrogen and oxygen atoms in total. The lowest BCUT2D eigenvalue weighted by molar-refractivity contribution is -0.117. The van der Waals surface area contributed by atoms with E-state index < -0.39 is 0 Å². The predicted molar refractivity (Wildman–Crippen MR) is 116 cm³/mol. The zero-order chi connectivity index (χ0) is 20.6. The highest BCUT2D eigenvalue weighted by atomic mass is 16.2. The van der Waals surface area contributed by atoms with Crippen molar-refractivity contribution in [3.8, 4) is 0 Å². The number of guanidine groups is 1. The highest BCUT2D eigenvalue weighted by Gasteiger charge is 2.24. The first-order chi connectivity index (χ1) is 14.0. The van der Waals surface area contributed by atoms with Crippen molar-refractivity contribution in [3.05, 3.63) is 59.7 Å². The molecule has 1 atom stereocenters. The number of hydrogen-bond donors (Lipinski definition) is 4. The Labute approximate surface area is 171 Å². The van der Waals surface area contributed by atoms with Gasteiger partial charge in [0.1, 0.15) is 0 Å². The maximum atomic E-state index is 12.0. The van der Waals surface area contributed by atoms with Crippen LogP contribution >= 0.6 is 0 Å². The first-order valence-corrected chi connectivity index (χ1v) is 9.82. The largest absolute Gasteiger partial charge is 0.357 e. The molecule has 0 saturated carbocycles. The lowest BCUT2D eigenvalue weighted by Crippen LogP contribution is -2.40. The van der Waals surface area contributed by atoms with Crippen molar-refractivity contribution in [1.29, 1.82) is 0 Å². The van der Waals surface area contributed by atoms with Gasteiger partial charge >= 0.3 is 0 Å². The molecule has 2 aromatic carbocycles. The molecule has 3 rings (SSSR count). The third-order valence-electron chi connectivity index (χ3n) is 4.63. The third kappa shape index (κ3) is 5.81. The van der Waals surface area contributed by atoms with E-state index in [2.05, 4.69) is 32.3 Å².